The van der Waals surface area contributed by atoms with E-state index in [4.69, 9.17) is 4.42 Å². The van der Waals surface area contributed by atoms with Crippen LogP contribution in [0.1, 0.15) is 30.2 Å². The average Bonchev–Trinajstić information content (AvgIpc) is 3.24. The van der Waals surface area contributed by atoms with Crippen LogP contribution in [0.4, 0.5) is 0 Å². The molecule has 0 aliphatic rings. The van der Waals surface area contributed by atoms with Gasteiger partial charge < -0.3 is 24.3 Å². The first-order valence-corrected chi connectivity index (χ1v) is 9.25. The summed E-state index contributed by atoms with van der Waals surface area (Å²) in [5, 5.41) is 12.6. The Morgan fingerprint density at radius 3 is 2.74 bits per heavy atom. The molecule has 2 amide bonds. The molecule has 2 aromatic rings. The van der Waals surface area contributed by atoms with Gasteiger partial charge in [-0.1, -0.05) is 11.8 Å². The highest BCUT2D eigenvalue weighted by molar-refractivity contribution is 7.98. The second-order valence-electron chi connectivity index (χ2n) is 5.87. The Labute approximate surface area is 160 Å². The van der Waals surface area contributed by atoms with Gasteiger partial charge in [-0.25, -0.2) is 9.78 Å². The monoisotopic (exact) mass is 394 g/mol. The minimum atomic E-state index is -1.14. The van der Waals surface area contributed by atoms with Crippen molar-refractivity contribution in [1.29, 1.82) is 0 Å². The number of carboxylic acids is 1. The van der Waals surface area contributed by atoms with Crippen LogP contribution >= 0.6 is 11.8 Å². The molecule has 10 heteroatoms. The SMILES string of the molecule is CC(=O)NCCN(C(=O)c1ccc(CSc2nccn2C)o1)C(C)C(=O)O. The number of carbonyl (C=O) groups is 3. The van der Waals surface area contributed by atoms with Gasteiger partial charge in [-0.05, 0) is 19.1 Å². The first-order chi connectivity index (χ1) is 12.8. The summed E-state index contributed by atoms with van der Waals surface area (Å²) in [6, 6.07) is 2.15. The van der Waals surface area contributed by atoms with Crippen LogP contribution < -0.4 is 5.32 Å². The largest absolute Gasteiger partial charge is 0.480 e. The van der Waals surface area contributed by atoms with E-state index in [1.165, 1.54) is 31.7 Å². The molecule has 0 fully saturated rings. The third-order valence-electron chi connectivity index (χ3n) is 3.81. The van der Waals surface area contributed by atoms with E-state index in [-0.39, 0.29) is 24.8 Å². The molecule has 0 radical (unpaired) electrons. The number of aliphatic carboxylic acids is 1. The van der Waals surface area contributed by atoms with Crippen LogP contribution in [0.25, 0.3) is 0 Å². The topological polar surface area (TPSA) is 118 Å². The van der Waals surface area contributed by atoms with E-state index in [0.29, 0.717) is 11.5 Å². The van der Waals surface area contributed by atoms with Gasteiger partial charge in [0.25, 0.3) is 5.91 Å². The van der Waals surface area contributed by atoms with Gasteiger partial charge in [-0.2, -0.15) is 0 Å². The van der Waals surface area contributed by atoms with Crippen molar-refractivity contribution in [2.45, 2.75) is 30.8 Å². The minimum absolute atomic E-state index is 0.0568. The minimum Gasteiger partial charge on any atom is -0.480 e. The van der Waals surface area contributed by atoms with E-state index < -0.39 is 17.9 Å². The van der Waals surface area contributed by atoms with E-state index in [9.17, 15) is 19.5 Å². The van der Waals surface area contributed by atoms with Crippen molar-refractivity contribution in [3.05, 3.63) is 36.0 Å². The summed E-state index contributed by atoms with van der Waals surface area (Å²) >= 11 is 1.46. The Kier molecular flexibility index (Phi) is 7.05. The molecule has 0 bridgehead atoms. The van der Waals surface area contributed by atoms with Gasteiger partial charge in [0.1, 0.15) is 11.8 Å². The highest BCUT2D eigenvalue weighted by Gasteiger charge is 2.28. The molecular weight excluding hydrogens is 372 g/mol. The predicted octanol–water partition coefficient (Wildman–Crippen LogP) is 1.36. The lowest BCUT2D eigenvalue weighted by atomic mass is 10.2. The molecule has 0 spiro atoms. The molecule has 0 aliphatic heterocycles. The number of furan rings is 1. The Balaban J connectivity index is 2.05. The third-order valence-corrected chi connectivity index (χ3v) is 4.89. The number of aryl methyl sites for hydroxylation is 1. The molecular formula is C17H22N4O5S. The molecule has 0 saturated heterocycles. The van der Waals surface area contributed by atoms with Crippen LogP contribution in [0.3, 0.4) is 0 Å². The molecule has 2 aromatic heterocycles. The highest BCUT2D eigenvalue weighted by atomic mass is 32.2. The fourth-order valence-corrected chi connectivity index (χ4v) is 3.12. The fourth-order valence-electron chi connectivity index (χ4n) is 2.30. The van der Waals surface area contributed by atoms with Crippen molar-refractivity contribution in [3.8, 4) is 0 Å². The van der Waals surface area contributed by atoms with Crippen LogP contribution in [0, 0.1) is 0 Å². The number of nitrogens with one attached hydrogen (secondary N) is 1. The molecule has 146 valence electrons. The van der Waals surface area contributed by atoms with Gasteiger partial charge in [0.2, 0.25) is 5.91 Å². The standard InChI is InChI=1S/C17H22N4O5S/c1-11(16(24)25)21(9-7-18-12(2)22)15(23)14-5-4-13(26-14)10-27-17-19-6-8-20(17)3/h4-6,8,11H,7,9-10H2,1-3H3,(H,18,22)(H,24,25). The molecule has 0 saturated carbocycles. The van der Waals surface area contributed by atoms with E-state index in [1.54, 1.807) is 12.3 Å². The number of imidazole rings is 1. The molecule has 0 aromatic carbocycles. The van der Waals surface area contributed by atoms with Crippen molar-refractivity contribution in [3.63, 3.8) is 0 Å². The summed E-state index contributed by atoms with van der Waals surface area (Å²) in [7, 11) is 1.88. The van der Waals surface area contributed by atoms with Gasteiger partial charge in [-0.15, -0.1) is 0 Å². The summed E-state index contributed by atoms with van der Waals surface area (Å²) in [6.45, 7) is 2.98. The molecule has 0 aliphatic carbocycles. The van der Waals surface area contributed by atoms with Crippen molar-refractivity contribution in [2.75, 3.05) is 13.1 Å². The Hall–Kier alpha value is -2.75. The zero-order chi connectivity index (χ0) is 20.0. The van der Waals surface area contributed by atoms with Crippen LogP contribution in [-0.4, -0.2) is 56.5 Å². The third kappa shape index (κ3) is 5.61. The number of thioether (sulfide) groups is 1. The Bertz CT molecular complexity index is 816. The zero-order valence-corrected chi connectivity index (χ0v) is 16.2. The lowest BCUT2D eigenvalue weighted by molar-refractivity contribution is -0.141. The Morgan fingerprint density at radius 2 is 2.15 bits per heavy atom. The molecule has 2 N–H and O–H groups in total. The molecule has 2 heterocycles. The summed E-state index contributed by atoms with van der Waals surface area (Å²) in [5.41, 5.74) is 0. The number of amides is 2. The summed E-state index contributed by atoms with van der Waals surface area (Å²) in [4.78, 5) is 40.4. The molecule has 1 atom stereocenters. The second-order valence-corrected chi connectivity index (χ2v) is 6.81. The van der Waals surface area contributed by atoms with Crippen molar-refractivity contribution in [2.24, 2.45) is 7.05 Å². The Morgan fingerprint density at radius 1 is 1.41 bits per heavy atom. The van der Waals surface area contributed by atoms with Crippen molar-refractivity contribution >= 4 is 29.5 Å². The number of hydrogen-bond acceptors (Lipinski definition) is 6. The highest BCUT2D eigenvalue weighted by Crippen LogP contribution is 2.22. The number of carbonyl (C=O) groups excluding carboxylic acids is 2. The lowest BCUT2D eigenvalue weighted by Crippen LogP contribution is -2.46. The number of rotatable bonds is 9. The maximum Gasteiger partial charge on any atom is 0.326 e. The fraction of sp³-hybridized carbons (Fsp3) is 0.412. The summed E-state index contributed by atoms with van der Waals surface area (Å²) in [5.74, 6) is -0.806. The zero-order valence-electron chi connectivity index (χ0n) is 15.3. The van der Waals surface area contributed by atoms with Crippen LogP contribution in [0.5, 0.6) is 0 Å². The summed E-state index contributed by atoms with van der Waals surface area (Å²) < 4.78 is 7.47. The maximum atomic E-state index is 12.7. The van der Waals surface area contributed by atoms with Crippen molar-refractivity contribution < 1.29 is 23.9 Å². The molecule has 2 rings (SSSR count). The first-order valence-electron chi connectivity index (χ1n) is 8.26. The van der Waals surface area contributed by atoms with Gasteiger partial charge >= 0.3 is 5.97 Å². The maximum absolute atomic E-state index is 12.7. The second kappa shape index (κ2) is 9.26. The van der Waals surface area contributed by atoms with Gasteiger partial charge in [-0.3, -0.25) is 9.59 Å². The van der Waals surface area contributed by atoms with Gasteiger partial charge in [0.05, 0.1) is 5.75 Å². The normalized spacial score (nSPS) is 11.8. The van der Waals surface area contributed by atoms with E-state index in [2.05, 4.69) is 10.3 Å². The van der Waals surface area contributed by atoms with Crippen molar-refractivity contribution in [1.82, 2.24) is 19.8 Å². The van der Waals surface area contributed by atoms with Crippen LogP contribution in [0.2, 0.25) is 0 Å². The van der Waals surface area contributed by atoms with Crippen LogP contribution in [-0.2, 0) is 22.4 Å². The molecule has 27 heavy (non-hydrogen) atoms. The molecule has 1 unspecified atom stereocenters. The first kappa shape index (κ1) is 20.6. The average molecular weight is 394 g/mol. The smallest absolute Gasteiger partial charge is 0.326 e. The van der Waals surface area contributed by atoms with Gasteiger partial charge in [0, 0.05) is 39.5 Å². The van der Waals surface area contributed by atoms with E-state index >= 15 is 0 Å². The lowest BCUT2D eigenvalue weighted by Gasteiger charge is -2.25. The quantitative estimate of drug-likeness (QED) is 0.617. The van der Waals surface area contributed by atoms with Gasteiger partial charge in [0.15, 0.2) is 10.9 Å². The number of hydrogen-bond donors (Lipinski definition) is 2. The van der Waals surface area contributed by atoms with E-state index in [1.807, 2.05) is 17.8 Å². The molecule has 9 nitrogen and oxygen atoms in total. The number of carboxylic acid groups (broad SMARTS) is 1. The van der Waals surface area contributed by atoms with E-state index in [0.717, 1.165) is 10.1 Å². The summed E-state index contributed by atoms with van der Waals surface area (Å²) in [6.07, 6.45) is 3.53. The number of nitrogens with zero attached hydrogens (tertiary/aromatic N) is 3. The predicted molar refractivity (Wildman–Crippen MR) is 98.3 cm³/mol. The van der Waals surface area contributed by atoms with Crippen LogP contribution in [0.15, 0.2) is 34.1 Å². The number of aromatic nitrogens is 2.